The number of nitrogens with one attached hydrogen (secondary N) is 1. The van der Waals surface area contributed by atoms with Gasteiger partial charge in [-0.1, -0.05) is 13.8 Å². The molecule has 11 heavy (non-hydrogen) atoms. The van der Waals surface area contributed by atoms with Crippen molar-refractivity contribution in [1.82, 2.24) is 5.32 Å². The van der Waals surface area contributed by atoms with Gasteiger partial charge < -0.3 is 11.1 Å². The summed E-state index contributed by atoms with van der Waals surface area (Å²) in [7, 11) is 0. The molecule has 0 amide bonds. The van der Waals surface area contributed by atoms with Crippen molar-refractivity contribution in [1.29, 1.82) is 0 Å². The van der Waals surface area contributed by atoms with Gasteiger partial charge in [0.25, 0.3) is 0 Å². The lowest BCUT2D eigenvalue weighted by atomic mass is 10.0. The fraction of sp³-hybridized carbons (Fsp3) is 1.00. The Balaban J connectivity index is 3.10. The molecular formula is C9H22N2. The van der Waals surface area contributed by atoms with Crippen LogP contribution in [0.25, 0.3) is 0 Å². The third-order valence-corrected chi connectivity index (χ3v) is 2.10. The Morgan fingerprint density at radius 1 is 1.27 bits per heavy atom. The molecule has 0 aliphatic carbocycles. The Morgan fingerprint density at radius 3 is 2.36 bits per heavy atom. The Morgan fingerprint density at radius 2 is 1.91 bits per heavy atom. The Bertz CT molecular complexity index is 81.6. The minimum absolute atomic E-state index is 0.332. The van der Waals surface area contributed by atoms with E-state index in [-0.39, 0.29) is 0 Å². The highest BCUT2D eigenvalue weighted by molar-refractivity contribution is 4.64. The van der Waals surface area contributed by atoms with E-state index >= 15 is 0 Å². The zero-order chi connectivity index (χ0) is 8.69. The summed E-state index contributed by atoms with van der Waals surface area (Å²) < 4.78 is 0. The first-order valence-electron chi connectivity index (χ1n) is 4.64. The first-order chi connectivity index (χ1) is 5.18. The zero-order valence-corrected chi connectivity index (χ0v) is 8.06. The maximum Gasteiger partial charge on any atom is 0.00366 e. The quantitative estimate of drug-likeness (QED) is 0.573. The normalized spacial score (nSPS) is 16.4. The highest BCUT2D eigenvalue weighted by Crippen LogP contribution is 2.03. The predicted molar refractivity (Wildman–Crippen MR) is 50.6 cm³/mol. The first kappa shape index (κ1) is 10.9. The summed E-state index contributed by atoms with van der Waals surface area (Å²) in [5, 5.41) is 3.37. The van der Waals surface area contributed by atoms with Crippen molar-refractivity contribution in [3.63, 3.8) is 0 Å². The van der Waals surface area contributed by atoms with Crippen molar-refractivity contribution in [3.8, 4) is 0 Å². The van der Waals surface area contributed by atoms with Crippen LogP contribution in [0.1, 0.15) is 33.6 Å². The molecule has 2 unspecified atom stereocenters. The van der Waals surface area contributed by atoms with Crippen LogP contribution >= 0.6 is 0 Å². The van der Waals surface area contributed by atoms with Gasteiger partial charge in [-0.2, -0.15) is 0 Å². The van der Waals surface area contributed by atoms with Crippen LogP contribution in [0.4, 0.5) is 0 Å². The summed E-state index contributed by atoms with van der Waals surface area (Å²) in [6, 6.07) is 0.332. The summed E-state index contributed by atoms with van der Waals surface area (Å²) in [6.45, 7) is 8.70. The second-order valence-electron chi connectivity index (χ2n) is 3.38. The van der Waals surface area contributed by atoms with Crippen molar-refractivity contribution in [2.75, 3.05) is 13.1 Å². The predicted octanol–water partition coefficient (Wildman–Crippen LogP) is 1.36. The molecule has 68 valence electrons. The summed E-state index contributed by atoms with van der Waals surface area (Å²) >= 11 is 0. The van der Waals surface area contributed by atoms with E-state index in [9.17, 15) is 0 Å². The van der Waals surface area contributed by atoms with E-state index in [4.69, 9.17) is 5.73 Å². The molecule has 0 aromatic carbocycles. The van der Waals surface area contributed by atoms with E-state index in [1.165, 1.54) is 12.8 Å². The molecule has 0 rings (SSSR count). The zero-order valence-electron chi connectivity index (χ0n) is 8.06. The maximum absolute atomic E-state index is 5.72. The van der Waals surface area contributed by atoms with Crippen LogP contribution in [0.3, 0.4) is 0 Å². The highest BCUT2D eigenvalue weighted by Gasteiger charge is 2.05. The highest BCUT2D eigenvalue weighted by atomic mass is 14.8. The Labute approximate surface area is 70.5 Å². The van der Waals surface area contributed by atoms with Gasteiger partial charge in [-0.15, -0.1) is 0 Å². The number of hydrogen-bond acceptors (Lipinski definition) is 2. The molecule has 0 fully saturated rings. The lowest BCUT2D eigenvalue weighted by molar-refractivity contribution is 0.435. The lowest BCUT2D eigenvalue weighted by Gasteiger charge is -2.15. The molecule has 0 aromatic heterocycles. The second kappa shape index (κ2) is 6.62. The SMILES string of the molecule is CCCNCCC(C)C(C)N. The molecule has 2 heteroatoms. The number of nitrogens with two attached hydrogens (primary N) is 1. The Hall–Kier alpha value is -0.0800. The monoisotopic (exact) mass is 158 g/mol. The van der Waals surface area contributed by atoms with Gasteiger partial charge in [0.05, 0.1) is 0 Å². The molecule has 0 radical (unpaired) electrons. The molecule has 2 atom stereocenters. The second-order valence-corrected chi connectivity index (χ2v) is 3.38. The van der Waals surface area contributed by atoms with Gasteiger partial charge in [0.2, 0.25) is 0 Å². The Kier molecular flexibility index (Phi) is 6.57. The molecular weight excluding hydrogens is 136 g/mol. The molecule has 3 N–H and O–H groups in total. The third-order valence-electron chi connectivity index (χ3n) is 2.10. The van der Waals surface area contributed by atoms with Crippen molar-refractivity contribution in [2.24, 2.45) is 11.7 Å². The van der Waals surface area contributed by atoms with Gasteiger partial charge in [-0.05, 0) is 38.8 Å². The largest absolute Gasteiger partial charge is 0.328 e. The topological polar surface area (TPSA) is 38.0 Å². The standard InChI is InChI=1S/C9H22N2/c1-4-6-11-7-5-8(2)9(3)10/h8-9,11H,4-7,10H2,1-3H3. The fourth-order valence-electron chi connectivity index (χ4n) is 0.894. The molecule has 0 spiro atoms. The molecule has 2 nitrogen and oxygen atoms in total. The van der Waals surface area contributed by atoms with E-state index in [0.717, 1.165) is 13.1 Å². The maximum atomic E-state index is 5.72. The minimum Gasteiger partial charge on any atom is -0.328 e. The molecule has 0 saturated carbocycles. The van der Waals surface area contributed by atoms with Crippen LogP contribution in [0.15, 0.2) is 0 Å². The van der Waals surface area contributed by atoms with E-state index in [2.05, 4.69) is 26.1 Å². The van der Waals surface area contributed by atoms with E-state index in [0.29, 0.717) is 12.0 Å². The minimum atomic E-state index is 0.332. The molecule has 0 saturated heterocycles. The van der Waals surface area contributed by atoms with E-state index in [1.54, 1.807) is 0 Å². The molecule has 0 aromatic rings. The molecule has 0 heterocycles. The molecule has 0 aliphatic heterocycles. The summed E-state index contributed by atoms with van der Waals surface area (Å²) in [6.07, 6.45) is 2.41. The molecule has 0 bridgehead atoms. The third kappa shape index (κ3) is 6.32. The van der Waals surface area contributed by atoms with Crippen molar-refractivity contribution in [2.45, 2.75) is 39.7 Å². The summed E-state index contributed by atoms with van der Waals surface area (Å²) in [5.74, 6) is 0.638. The van der Waals surface area contributed by atoms with Gasteiger partial charge >= 0.3 is 0 Å². The van der Waals surface area contributed by atoms with Crippen LogP contribution in [-0.4, -0.2) is 19.1 Å². The van der Waals surface area contributed by atoms with Crippen LogP contribution in [-0.2, 0) is 0 Å². The van der Waals surface area contributed by atoms with Crippen LogP contribution in [0, 0.1) is 5.92 Å². The van der Waals surface area contributed by atoms with Gasteiger partial charge in [0, 0.05) is 6.04 Å². The van der Waals surface area contributed by atoms with Gasteiger partial charge in [0.15, 0.2) is 0 Å². The summed E-state index contributed by atoms with van der Waals surface area (Å²) in [4.78, 5) is 0. The average molecular weight is 158 g/mol. The van der Waals surface area contributed by atoms with Crippen molar-refractivity contribution in [3.05, 3.63) is 0 Å². The van der Waals surface area contributed by atoms with E-state index < -0.39 is 0 Å². The lowest BCUT2D eigenvalue weighted by Crippen LogP contribution is -2.28. The van der Waals surface area contributed by atoms with Crippen molar-refractivity contribution < 1.29 is 0 Å². The van der Waals surface area contributed by atoms with Crippen molar-refractivity contribution >= 4 is 0 Å². The first-order valence-corrected chi connectivity index (χ1v) is 4.64. The number of hydrogen-bond donors (Lipinski definition) is 2. The van der Waals surface area contributed by atoms with Crippen LogP contribution in [0.2, 0.25) is 0 Å². The van der Waals surface area contributed by atoms with Gasteiger partial charge in [0.1, 0.15) is 0 Å². The smallest absolute Gasteiger partial charge is 0.00366 e. The van der Waals surface area contributed by atoms with E-state index in [1.807, 2.05) is 0 Å². The van der Waals surface area contributed by atoms with Crippen LogP contribution < -0.4 is 11.1 Å². The number of rotatable bonds is 6. The average Bonchev–Trinajstić information content (AvgIpc) is 1.97. The fourth-order valence-corrected chi connectivity index (χ4v) is 0.894. The van der Waals surface area contributed by atoms with Gasteiger partial charge in [-0.3, -0.25) is 0 Å². The molecule has 0 aliphatic rings. The van der Waals surface area contributed by atoms with Gasteiger partial charge in [-0.25, -0.2) is 0 Å². The summed E-state index contributed by atoms with van der Waals surface area (Å²) in [5.41, 5.74) is 5.72. The van der Waals surface area contributed by atoms with Crippen LogP contribution in [0.5, 0.6) is 0 Å².